The number of aliphatic carboxylic acids is 1. The smallest absolute Gasteiger partial charge is 0.303 e. The van der Waals surface area contributed by atoms with Crippen molar-refractivity contribution in [3.63, 3.8) is 0 Å². The standard InChI is InChI=1S/C17H14N2O3S2/c20-15(21)4-2-8-19-16(22)14(24-17(19)23)10-11-5-6-13-12(9-11)3-1-7-18-13/h1,3,5-7,9-10H,2,4,8H2,(H,20,21)/b14-10-. The van der Waals surface area contributed by atoms with Gasteiger partial charge in [0.25, 0.3) is 5.91 Å². The van der Waals surface area contributed by atoms with Crippen LogP contribution in [0.1, 0.15) is 18.4 Å². The van der Waals surface area contributed by atoms with Gasteiger partial charge in [-0.15, -0.1) is 0 Å². The molecule has 0 unspecified atom stereocenters. The Kier molecular flexibility index (Phi) is 4.92. The Morgan fingerprint density at radius 2 is 2.21 bits per heavy atom. The first-order valence-electron chi connectivity index (χ1n) is 7.36. The zero-order valence-corrected chi connectivity index (χ0v) is 14.3. The third-order valence-corrected chi connectivity index (χ3v) is 4.95. The van der Waals surface area contributed by atoms with Gasteiger partial charge < -0.3 is 5.11 Å². The second-order valence-electron chi connectivity index (χ2n) is 5.29. The molecule has 24 heavy (non-hydrogen) atoms. The number of carboxylic acid groups (broad SMARTS) is 1. The molecule has 5 nitrogen and oxygen atoms in total. The van der Waals surface area contributed by atoms with Gasteiger partial charge in [-0.25, -0.2) is 0 Å². The average molecular weight is 358 g/mol. The lowest BCUT2D eigenvalue weighted by molar-refractivity contribution is -0.137. The summed E-state index contributed by atoms with van der Waals surface area (Å²) in [5.41, 5.74) is 1.80. The molecule has 1 fully saturated rings. The highest BCUT2D eigenvalue weighted by molar-refractivity contribution is 8.26. The van der Waals surface area contributed by atoms with Crippen LogP contribution in [-0.2, 0) is 9.59 Å². The second kappa shape index (κ2) is 7.11. The van der Waals surface area contributed by atoms with Crippen molar-refractivity contribution in [2.24, 2.45) is 0 Å². The number of carbonyl (C=O) groups is 2. The Bertz CT molecular complexity index is 864. The van der Waals surface area contributed by atoms with E-state index in [0.29, 0.717) is 22.2 Å². The predicted molar refractivity (Wildman–Crippen MR) is 98.5 cm³/mol. The minimum atomic E-state index is -0.874. The fourth-order valence-electron chi connectivity index (χ4n) is 2.42. The van der Waals surface area contributed by atoms with Gasteiger partial charge in [0.15, 0.2) is 0 Å². The summed E-state index contributed by atoms with van der Waals surface area (Å²) in [6, 6.07) is 9.63. The van der Waals surface area contributed by atoms with Gasteiger partial charge in [-0.2, -0.15) is 0 Å². The lowest BCUT2D eigenvalue weighted by atomic mass is 10.1. The van der Waals surface area contributed by atoms with Crippen LogP contribution < -0.4 is 0 Å². The Morgan fingerprint density at radius 1 is 1.38 bits per heavy atom. The highest BCUT2D eigenvalue weighted by atomic mass is 32.2. The summed E-state index contributed by atoms with van der Waals surface area (Å²) < 4.78 is 0.471. The molecule has 1 aliphatic rings. The third-order valence-electron chi connectivity index (χ3n) is 3.57. The van der Waals surface area contributed by atoms with Gasteiger partial charge in [0, 0.05) is 24.5 Å². The summed E-state index contributed by atoms with van der Waals surface area (Å²) in [6.07, 6.45) is 3.96. The Balaban J connectivity index is 1.78. The van der Waals surface area contributed by atoms with Gasteiger partial charge in [0.05, 0.1) is 10.4 Å². The zero-order valence-electron chi connectivity index (χ0n) is 12.6. The summed E-state index contributed by atoms with van der Waals surface area (Å²) in [4.78, 5) is 29.3. The molecule has 1 N–H and O–H groups in total. The molecule has 0 bridgehead atoms. The van der Waals surface area contributed by atoms with Crippen molar-refractivity contribution in [3.05, 3.63) is 47.0 Å². The fraction of sp³-hybridized carbons (Fsp3) is 0.176. The van der Waals surface area contributed by atoms with E-state index in [2.05, 4.69) is 4.98 Å². The molecular formula is C17H14N2O3S2. The monoisotopic (exact) mass is 358 g/mol. The van der Waals surface area contributed by atoms with Gasteiger partial charge >= 0.3 is 5.97 Å². The maximum absolute atomic E-state index is 12.4. The molecule has 0 spiro atoms. The van der Waals surface area contributed by atoms with Crippen molar-refractivity contribution in [2.45, 2.75) is 12.8 Å². The number of hydrogen-bond donors (Lipinski definition) is 1. The molecule has 0 aliphatic carbocycles. The van der Waals surface area contributed by atoms with Crippen LogP contribution in [0.5, 0.6) is 0 Å². The molecule has 1 aliphatic heterocycles. The van der Waals surface area contributed by atoms with Gasteiger partial charge in [-0.3, -0.25) is 19.5 Å². The molecule has 2 aromatic rings. The number of fused-ring (bicyclic) bond motifs is 1. The largest absolute Gasteiger partial charge is 0.481 e. The molecule has 1 aromatic carbocycles. The molecule has 7 heteroatoms. The van der Waals surface area contributed by atoms with E-state index in [1.807, 2.05) is 36.4 Å². The first-order valence-corrected chi connectivity index (χ1v) is 8.59. The summed E-state index contributed by atoms with van der Waals surface area (Å²) in [7, 11) is 0. The van der Waals surface area contributed by atoms with E-state index in [4.69, 9.17) is 17.3 Å². The molecule has 0 radical (unpaired) electrons. The Morgan fingerprint density at radius 3 is 3.00 bits per heavy atom. The first-order chi connectivity index (χ1) is 11.5. The van der Waals surface area contributed by atoms with E-state index < -0.39 is 5.97 Å². The lowest BCUT2D eigenvalue weighted by Crippen LogP contribution is -2.29. The number of nitrogens with zero attached hydrogens (tertiary/aromatic N) is 2. The minimum absolute atomic E-state index is 0.0216. The topological polar surface area (TPSA) is 70.5 Å². The van der Waals surface area contributed by atoms with Crippen LogP contribution in [0.15, 0.2) is 41.4 Å². The number of carboxylic acids is 1. The highest BCUT2D eigenvalue weighted by Crippen LogP contribution is 2.33. The van der Waals surface area contributed by atoms with Crippen molar-refractivity contribution in [3.8, 4) is 0 Å². The summed E-state index contributed by atoms with van der Waals surface area (Å²) in [6.45, 7) is 0.329. The predicted octanol–water partition coefficient (Wildman–Crippen LogP) is 3.30. The molecule has 0 atom stereocenters. The van der Waals surface area contributed by atoms with E-state index >= 15 is 0 Å². The van der Waals surface area contributed by atoms with Gasteiger partial charge in [0.1, 0.15) is 4.32 Å². The Hall–Kier alpha value is -2.25. The maximum atomic E-state index is 12.4. The summed E-state index contributed by atoms with van der Waals surface area (Å²) in [5, 5.41) is 9.70. The first kappa shape index (κ1) is 16.6. The SMILES string of the molecule is O=C(O)CCCN1C(=O)/C(=C/c2ccc3ncccc3c2)SC1=S. The van der Waals surface area contributed by atoms with Crippen LogP contribution in [0.25, 0.3) is 17.0 Å². The van der Waals surface area contributed by atoms with Crippen LogP contribution in [0.4, 0.5) is 0 Å². The summed E-state index contributed by atoms with van der Waals surface area (Å²) >= 11 is 6.48. The molecule has 1 aromatic heterocycles. The van der Waals surface area contributed by atoms with Crippen molar-refractivity contribution in [1.82, 2.24) is 9.88 Å². The van der Waals surface area contributed by atoms with Gasteiger partial charge in [0.2, 0.25) is 0 Å². The van der Waals surface area contributed by atoms with Crippen LogP contribution in [0.2, 0.25) is 0 Å². The molecule has 2 heterocycles. The van der Waals surface area contributed by atoms with Crippen molar-refractivity contribution in [2.75, 3.05) is 6.54 Å². The number of rotatable bonds is 5. The van der Waals surface area contributed by atoms with Crippen molar-refractivity contribution < 1.29 is 14.7 Å². The quantitative estimate of drug-likeness (QED) is 0.653. The number of carbonyl (C=O) groups excluding carboxylic acids is 1. The number of thioether (sulfide) groups is 1. The van der Waals surface area contributed by atoms with Crippen LogP contribution in [0, 0.1) is 0 Å². The van der Waals surface area contributed by atoms with Crippen LogP contribution >= 0.6 is 24.0 Å². The summed E-state index contributed by atoms with van der Waals surface area (Å²) in [5.74, 6) is -1.04. The zero-order chi connectivity index (χ0) is 17.1. The van der Waals surface area contributed by atoms with E-state index in [9.17, 15) is 9.59 Å². The van der Waals surface area contributed by atoms with E-state index in [0.717, 1.165) is 16.5 Å². The van der Waals surface area contributed by atoms with Gasteiger partial charge in [-0.05, 0) is 36.3 Å². The number of amides is 1. The van der Waals surface area contributed by atoms with E-state index in [1.54, 1.807) is 6.20 Å². The number of thiocarbonyl (C=S) groups is 1. The number of hydrogen-bond acceptors (Lipinski definition) is 5. The molecule has 3 rings (SSSR count). The fourth-order valence-corrected chi connectivity index (χ4v) is 3.72. The van der Waals surface area contributed by atoms with Crippen molar-refractivity contribution >= 4 is 57.2 Å². The third kappa shape index (κ3) is 3.63. The van der Waals surface area contributed by atoms with Gasteiger partial charge in [-0.1, -0.05) is 36.1 Å². The molecule has 0 saturated carbocycles. The molecule has 1 amide bonds. The molecular weight excluding hydrogens is 344 g/mol. The van der Waals surface area contributed by atoms with Crippen molar-refractivity contribution in [1.29, 1.82) is 0 Å². The highest BCUT2D eigenvalue weighted by Gasteiger charge is 2.31. The lowest BCUT2D eigenvalue weighted by Gasteiger charge is -2.13. The average Bonchev–Trinajstić information content (AvgIpc) is 2.82. The van der Waals surface area contributed by atoms with Crippen LogP contribution in [-0.4, -0.2) is 37.7 Å². The number of aromatic nitrogens is 1. The minimum Gasteiger partial charge on any atom is -0.481 e. The maximum Gasteiger partial charge on any atom is 0.303 e. The van der Waals surface area contributed by atoms with Crippen LogP contribution in [0.3, 0.4) is 0 Å². The van der Waals surface area contributed by atoms with E-state index in [1.165, 1.54) is 16.7 Å². The Labute approximate surface area is 148 Å². The van der Waals surface area contributed by atoms with E-state index in [-0.39, 0.29) is 12.3 Å². The molecule has 1 saturated heterocycles. The number of pyridine rings is 1. The number of benzene rings is 1. The second-order valence-corrected chi connectivity index (χ2v) is 6.96. The molecule has 122 valence electrons. The normalized spacial score (nSPS) is 16.3.